The zero-order valence-corrected chi connectivity index (χ0v) is 12.6. The molecule has 0 spiro atoms. The highest BCUT2D eigenvalue weighted by molar-refractivity contribution is 4.70. The number of nitrogens with zero attached hydrogens (tertiary/aromatic N) is 1. The van der Waals surface area contributed by atoms with E-state index in [4.69, 9.17) is 4.74 Å². The van der Waals surface area contributed by atoms with E-state index in [1.165, 1.54) is 38.8 Å². The number of hydrogen-bond acceptors (Lipinski definition) is 3. The Morgan fingerprint density at radius 1 is 1.33 bits per heavy atom. The smallest absolute Gasteiger partial charge is 0.0507 e. The molecule has 0 aromatic rings. The van der Waals surface area contributed by atoms with Gasteiger partial charge in [-0.15, -0.1) is 0 Å². The second-order valence-corrected chi connectivity index (χ2v) is 5.58. The number of rotatable bonds is 10. The van der Waals surface area contributed by atoms with E-state index in [-0.39, 0.29) is 0 Å². The van der Waals surface area contributed by atoms with E-state index in [0.29, 0.717) is 6.04 Å². The van der Waals surface area contributed by atoms with Crippen LogP contribution in [0.2, 0.25) is 0 Å². The SMILES string of the molecule is CCCCN(CCNCC1CCOC1)C(C)CC. The third-order valence-electron chi connectivity index (χ3n) is 4.05. The van der Waals surface area contributed by atoms with Crippen LogP contribution in [0.4, 0.5) is 0 Å². The van der Waals surface area contributed by atoms with Crippen LogP contribution in [0.15, 0.2) is 0 Å². The van der Waals surface area contributed by atoms with Crippen molar-refractivity contribution in [1.82, 2.24) is 10.2 Å². The van der Waals surface area contributed by atoms with Gasteiger partial charge in [0.15, 0.2) is 0 Å². The summed E-state index contributed by atoms with van der Waals surface area (Å²) in [4.78, 5) is 2.63. The summed E-state index contributed by atoms with van der Waals surface area (Å²) in [6, 6.07) is 0.716. The lowest BCUT2D eigenvalue weighted by molar-refractivity contribution is 0.182. The Morgan fingerprint density at radius 2 is 2.17 bits per heavy atom. The Labute approximate surface area is 113 Å². The quantitative estimate of drug-likeness (QED) is 0.608. The van der Waals surface area contributed by atoms with Crippen molar-refractivity contribution in [2.45, 2.75) is 52.5 Å². The maximum Gasteiger partial charge on any atom is 0.0507 e. The number of ether oxygens (including phenoxy) is 1. The standard InChI is InChI=1S/C15H32N2O/c1-4-6-9-17(14(3)5-2)10-8-16-12-15-7-11-18-13-15/h14-16H,4-13H2,1-3H3. The molecule has 0 aromatic heterocycles. The molecule has 108 valence electrons. The molecule has 3 nitrogen and oxygen atoms in total. The summed E-state index contributed by atoms with van der Waals surface area (Å²) in [5.41, 5.74) is 0. The van der Waals surface area contributed by atoms with Gasteiger partial charge in [-0.25, -0.2) is 0 Å². The molecule has 2 unspecified atom stereocenters. The van der Waals surface area contributed by atoms with E-state index in [0.717, 1.165) is 32.2 Å². The van der Waals surface area contributed by atoms with E-state index in [1.54, 1.807) is 0 Å². The number of hydrogen-bond donors (Lipinski definition) is 1. The van der Waals surface area contributed by atoms with E-state index in [9.17, 15) is 0 Å². The van der Waals surface area contributed by atoms with Crippen molar-refractivity contribution >= 4 is 0 Å². The van der Waals surface area contributed by atoms with Gasteiger partial charge < -0.3 is 10.1 Å². The topological polar surface area (TPSA) is 24.5 Å². The summed E-state index contributed by atoms with van der Waals surface area (Å²) in [6.07, 6.45) is 5.10. The summed E-state index contributed by atoms with van der Waals surface area (Å²) in [5.74, 6) is 0.748. The molecule has 0 amide bonds. The Morgan fingerprint density at radius 3 is 2.78 bits per heavy atom. The summed E-state index contributed by atoms with van der Waals surface area (Å²) < 4.78 is 5.39. The molecule has 1 heterocycles. The van der Waals surface area contributed by atoms with Crippen LogP contribution in [0, 0.1) is 5.92 Å². The van der Waals surface area contributed by atoms with Crippen molar-refractivity contribution in [1.29, 1.82) is 0 Å². The molecule has 0 saturated carbocycles. The Bertz CT molecular complexity index is 193. The third kappa shape index (κ3) is 6.17. The lowest BCUT2D eigenvalue weighted by atomic mass is 10.1. The first-order valence-corrected chi connectivity index (χ1v) is 7.80. The second-order valence-electron chi connectivity index (χ2n) is 5.58. The molecule has 1 rings (SSSR count). The minimum Gasteiger partial charge on any atom is -0.381 e. The Hall–Kier alpha value is -0.120. The molecule has 0 aliphatic carbocycles. The molecule has 0 bridgehead atoms. The fourth-order valence-electron chi connectivity index (χ4n) is 2.45. The minimum atomic E-state index is 0.716. The summed E-state index contributed by atoms with van der Waals surface area (Å²) >= 11 is 0. The molecule has 1 aliphatic rings. The summed E-state index contributed by atoms with van der Waals surface area (Å²) in [6.45, 7) is 13.5. The number of unbranched alkanes of at least 4 members (excludes halogenated alkanes) is 1. The lowest BCUT2D eigenvalue weighted by Crippen LogP contribution is -2.39. The monoisotopic (exact) mass is 256 g/mol. The van der Waals surface area contributed by atoms with Gasteiger partial charge in [0.25, 0.3) is 0 Å². The lowest BCUT2D eigenvalue weighted by Gasteiger charge is -2.28. The van der Waals surface area contributed by atoms with Crippen LogP contribution in [-0.2, 0) is 4.74 Å². The minimum absolute atomic E-state index is 0.716. The van der Waals surface area contributed by atoms with Crippen molar-refractivity contribution in [3.05, 3.63) is 0 Å². The molecular formula is C15H32N2O. The van der Waals surface area contributed by atoms with Gasteiger partial charge in [0, 0.05) is 32.3 Å². The van der Waals surface area contributed by atoms with Gasteiger partial charge in [-0.1, -0.05) is 20.3 Å². The first-order valence-electron chi connectivity index (χ1n) is 7.80. The van der Waals surface area contributed by atoms with Crippen molar-refractivity contribution in [3.8, 4) is 0 Å². The average Bonchev–Trinajstić information content (AvgIpc) is 2.90. The van der Waals surface area contributed by atoms with Gasteiger partial charge in [-0.2, -0.15) is 0 Å². The van der Waals surface area contributed by atoms with Crippen LogP contribution in [-0.4, -0.2) is 50.3 Å². The molecule has 18 heavy (non-hydrogen) atoms. The van der Waals surface area contributed by atoms with Gasteiger partial charge in [0.1, 0.15) is 0 Å². The summed E-state index contributed by atoms with van der Waals surface area (Å²) in [7, 11) is 0. The van der Waals surface area contributed by atoms with Crippen LogP contribution >= 0.6 is 0 Å². The van der Waals surface area contributed by atoms with Gasteiger partial charge in [-0.3, -0.25) is 4.90 Å². The maximum absolute atomic E-state index is 5.39. The normalized spacial score (nSPS) is 21.7. The zero-order chi connectivity index (χ0) is 13.2. The molecule has 1 aliphatic heterocycles. The van der Waals surface area contributed by atoms with Crippen LogP contribution in [0.1, 0.15) is 46.5 Å². The molecule has 2 atom stereocenters. The first kappa shape index (κ1) is 15.9. The van der Waals surface area contributed by atoms with Crippen molar-refractivity contribution in [3.63, 3.8) is 0 Å². The summed E-state index contributed by atoms with van der Waals surface area (Å²) in [5, 5.41) is 3.59. The van der Waals surface area contributed by atoms with E-state index < -0.39 is 0 Å². The first-order chi connectivity index (χ1) is 8.77. The number of nitrogens with one attached hydrogen (secondary N) is 1. The predicted molar refractivity (Wildman–Crippen MR) is 78.0 cm³/mol. The largest absolute Gasteiger partial charge is 0.381 e. The fourth-order valence-corrected chi connectivity index (χ4v) is 2.45. The highest BCUT2D eigenvalue weighted by Crippen LogP contribution is 2.10. The second kappa shape index (κ2) is 9.76. The molecule has 0 radical (unpaired) electrons. The van der Waals surface area contributed by atoms with E-state index in [2.05, 4.69) is 31.0 Å². The van der Waals surface area contributed by atoms with Gasteiger partial charge in [0.2, 0.25) is 0 Å². The van der Waals surface area contributed by atoms with Crippen LogP contribution < -0.4 is 5.32 Å². The Kier molecular flexibility index (Phi) is 8.64. The van der Waals surface area contributed by atoms with Gasteiger partial charge in [-0.05, 0) is 38.6 Å². The van der Waals surface area contributed by atoms with E-state index >= 15 is 0 Å². The van der Waals surface area contributed by atoms with Crippen LogP contribution in [0.5, 0.6) is 0 Å². The van der Waals surface area contributed by atoms with Gasteiger partial charge in [0.05, 0.1) is 6.61 Å². The fraction of sp³-hybridized carbons (Fsp3) is 1.00. The van der Waals surface area contributed by atoms with Gasteiger partial charge >= 0.3 is 0 Å². The van der Waals surface area contributed by atoms with Crippen LogP contribution in [0.3, 0.4) is 0 Å². The molecule has 3 heteroatoms. The van der Waals surface area contributed by atoms with E-state index in [1.807, 2.05) is 0 Å². The highest BCUT2D eigenvalue weighted by atomic mass is 16.5. The highest BCUT2D eigenvalue weighted by Gasteiger charge is 2.15. The van der Waals surface area contributed by atoms with Crippen molar-refractivity contribution < 1.29 is 4.74 Å². The van der Waals surface area contributed by atoms with Crippen molar-refractivity contribution in [2.24, 2.45) is 5.92 Å². The average molecular weight is 256 g/mol. The molecule has 0 aromatic carbocycles. The predicted octanol–water partition coefficient (Wildman–Crippen LogP) is 2.51. The molecule has 1 fully saturated rings. The Balaban J connectivity index is 2.11. The zero-order valence-electron chi connectivity index (χ0n) is 12.6. The van der Waals surface area contributed by atoms with Crippen molar-refractivity contribution in [2.75, 3.05) is 39.4 Å². The maximum atomic E-state index is 5.39. The molecular weight excluding hydrogens is 224 g/mol. The van der Waals surface area contributed by atoms with Crippen LogP contribution in [0.25, 0.3) is 0 Å². The molecule has 1 N–H and O–H groups in total. The molecule has 1 saturated heterocycles. The third-order valence-corrected chi connectivity index (χ3v) is 4.05.